The minimum absolute atomic E-state index is 0.225. The minimum atomic E-state index is -0.369. The number of nitrogens with two attached hydrogens (primary N) is 1. The van der Waals surface area contributed by atoms with Crippen LogP contribution in [0.2, 0.25) is 5.02 Å². The number of thioether (sulfide) groups is 1. The number of amidine groups is 1. The third kappa shape index (κ3) is 5.46. The molecule has 0 radical (unpaired) electrons. The molecule has 0 fully saturated rings. The summed E-state index contributed by atoms with van der Waals surface area (Å²) < 4.78 is 16.9. The molecule has 0 atom stereocenters. The topological polar surface area (TPSA) is 83.1 Å². The molecule has 2 aromatic carbocycles. The molecule has 29 heavy (non-hydrogen) atoms. The minimum Gasteiger partial charge on any atom is -0.493 e. The summed E-state index contributed by atoms with van der Waals surface area (Å²) in [4.78, 5) is 15.9. The van der Waals surface area contributed by atoms with Crippen molar-refractivity contribution < 1.29 is 19.0 Å². The first kappa shape index (κ1) is 21.1. The summed E-state index contributed by atoms with van der Waals surface area (Å²) in [7, 11) is 1.53. The second-order valence-corrected chi connectivity index (χ2v) is 7.89. The van der Waals surface area contributed by atoms with Gasteiger partial charge in [-0.2, -0.15) is 4.99 Å². The van der Waals surface area contributed by atoms with Crippen LogP contribution in [0.5, 0.6) is 17.2 Å². The van der Waals surface area contributed by atoms with Gasteiger partial charge < -0.3 is 19.9 Å². The molecule has 1 aliphatic rings. The lowest BCUT2D eigenvalue weighted by Crippen LogP contribution is -2.10. The number of hydrogen-bond acceptors (Lipinski definition) is 6. The molecule has 0 spiro atoms. The van der Waals surface area contributed by atoms with Gasteiger partial charge >= 0.3 is 0 Å². The second-order valence-electron chi connectivity index (χ2n) is 6.42. The van der Waals surface area contributed by atoms with Crippen molar-refractivity contribution in [3.05, 3.63) is 56.9 Å². The lowest BCUT2D eigenvalue weighted by atomic mass is 10.1. The van der Waals surface area contributed by atoms with Crippen molar-refractivity contribution in [1.29, 1.82) is 0 Å². The normalized spacial score (nSPS) is 14.8. The van der Waals surface area contributed by atoms with Gasteiger partial charge in [0, 0.05) is 0 Å². The molecule has 0 bridgehead atoms. The van der Waals surface area contributed by atoms with Crippen LogP contribution < -0.4 is 19.9 Å². The number of amides is 1. The van der Waals surface area contributed by atoms with Gasteiger partial charge in [-0.05, 0) is 72.6 Å². The third-order valence-corrected chi connectivity index (χ3v) is 5.07. The van der Waals surface area contributed by atoms with Gasteiger partial charge in [-0.3, -0.25) is 4.79 Å². The number of halogens is 1. The van der Waals surface area contributed by atoms with Crippen molar-refractivity contribution in [3.8, 4) is 17.2 Å². The van der Waals surface area contributed by atoms with E-state index in [2.05, 4.69) is 11.1 Å². The van der Waals surface area contributed by atoms with E-state index in [9.17, 15) is 4.79 Å². The molecular formula is C21H21ClN2O4S. The second kappa shape index (κ2) is 9.24. The summed E-state index contributed by atoms with van der Waals surface area (Å²) >= 11 is 7.50. The van der Waals surface area contributed by atoms with Crippen molar-refractivity contribution in [1.82, 2.24) is 0 Å². The molecule has 0 aromatic heterocycles. The molecule has 1 amide bonds. The highest BCUT2D eigenvalue weighted by atomic mass is 35.5. The van der Waals surface area contributed by atoms with Crippen LogP contribution in [0.25, 0.3) is 6.08 Å². The van der Waals surface area contributed by atoms with Crippen LogP contribution in [-0.4, -0.2) is 31.4 Å². The predicted octanol–water partition coefficient (Wildman–Crippen LogP) is 4.35. The van der Waals surface area contributed by atoms with Crippen molar-refractivity contribution in [2.45, 2.75) is 13.8 Å². The number of carbonyl (C=O) groups excluding carboxylic acids is 1. The predicted molar refractivity (Wildman–Crippen MR) is 117 cm³/mol. The average Bonchev–Trinajstić information content (AvgIpc) is 2.95. The van der Waals surface area contributed by atoms with Gasteiger partial charge in [0.05, 0.1) is 17.0 Å². The molecule has 152 valence electrons. The van der Waals surface area contributed by atoms with Crippen molar-refractivity contribution in [2.75, 3.05) is 20.3 Å². The van der Waals surface area contributed by atoms with E-state index in [0.717, 1.165) is 28.6 Å². The standard InChI is InChI=1S/C21H21ClN2O4S/c1-12-6-13(2)8-15(7-12)27-4-5-28-19-16(22)9-14(10-17(19)26-3)11-18-20(25)24-21(23)29-18/h6-11H,4-5H2,1-3H3,(H2,23,24,25). The SMILES string of the molecule is COc1cc(C=C2SC(N)=NC2=O)cc(Cl)c1OCCOc1cc(C)cc(C)c1. The fourth-order valence-corrected chi connectivity index (χ4v) is 3.82. The Morgan fingerprint density at radius 1 is 1.10 bits per heavy atom. The van der Waals surface area contributed by atoms with E-state index < -0.39 is 0 Å². The summed E-state index contributed by atoms with van der Waals surface area (Å²) in [6, 6.07) is 9.47. The summed E-state index contributed by atoms with van der Waals surface area (Å²) in [5.74, 6) is 1.30. The molecular weight excluding hydrogens is 412 g/mol. The largest absolute Gasteiger partial charge is 0.493 e. The summed E-state index contributed by atoms with van der Waals surface area (Å²) in [5.41, 5.74) is 8.54. The van der Waals surface area contributed by atoms with Gasteiger partial charge in [-0.15, -0.1) is 0 Å². The Morgan fingerprint density at radius 2 is 1.79 bits per heavy atom. The van der Waals surface area contributed by atoms with E-state index in [1.54, 1.807) is 18.2 Å². The zero-order chi connectivity index (χ0) is 21.0. The summed E-state index contributed by atoms with van der Waals surface area (Å²) in [5, 5.41) is 0.593. The number of ether oxygens (including phenoxy) is 3. The number of rotatable bonds is 7. The van der Waals surface area contributed by atoms with Crippen LogP contribution in [0, 0.1) is 13.8 Å². The third-order valence-electron chi connectivity index (χ3n) is 3.98. The Hall–Kier alpha value is -2.64. The maximum atomic E-state index is 11.8. The molecule has 2 N–H and O–H groups in total. The number of nitrogens with zero attached hydrogens (tertiary/aromatic N) is 1. The summed E-state index contributed by atoms with van der Waals surface area (Å²) in [6.07, 6.45) is 1.66. The molecule has 0 saturated heterocycles. The van der Waals surface area contributed by atoms with Gasteiger partial charge in [-0.25, -0.2) is 0 Å². The molecule has 1 heterocycles. The number of benzene rings is 2. The fourth-order valence-electron chi connectivity index (χ4n) is 2.86. The van der Waals surface area contributed by atoms with E-state index in [1.165, 1.54) is 7.11 Å². The highest BCUT2D eigenvalue weighted by molar-refractivity contribution is 8.18. The van der Waals surface area contributed by atoms with E-state index >= 15 is 0 Å². The Kier molecular flexibility index (Phi) is 6.71. The van der Waals surface area contributed by atoms with Crippen LogP contribution in [0.4, 0.5) is 0 Å². The highest BCUT2D eigenvalue weighted by Gasteiger charge is 2.20. The van der Waals surface area contributed by atoms with Crippen LogP contribution in [0.3, 0.4) is 0 Å². The molecule has 6 nitrogen and oxygen atoms in total. The lowest BCUT2D eigenvalue weighted by Gasteiger charge is -2.14. The van der Waals surface area contributed by atoms with E-state index in [1.807, 2.05) is 26.0 Å². The monoisotopic (exact) mass is 432 g/mol. The van der Waals surface area contributed by atoms with Crippen LogP contribution in [0.15, 0.2) is 40.2 Å². The zero-order valence-electron chi connectivity index (χ0n) is 16.3. The quantitative estimate of drug-likeness (QED) is 0.517. The van der Waals surface area contributed by atoms with Crippen molar-refractivity contribution >= 4 is 40.5 Å². The average molecular weight is 433 g/mol. The van der Waals surface area contributed by atoms with Gasteiger partial charge in [0.25, 0.3) is 5.91 Å². The number of aliphatic imine (C=N–C) groups is 1. The highest BCUT2D eigenvalue weighted by Crippen LogP contribution is 2.38. The maximum absolute atomic E-state index is 11.8. The number of aryl methyl sites for hydroxylation is 2. The Bertz CT molecular complexity index is 984. The van der Waals surface area contributed by atoms with Crippen LogP contribution in [0.1, 0.15) is 16.7 Å². The first-order chi connectivity index (χ1) is 13.9. The van der Waals surface area contributed by atoms with Gasteiger partial charge in [0.15, 0.2) is 16.7 Å². The molecule has 0 aliphatic carbocycles. The Balaban J connectivity index is 1.66. The smallest absolute Gasteiger partial charge is 0.286 e. The molecule has 0 unspecified atom stereocenters. The zero-order valence-corrected chi connectivity index (χ0v) is 17.9. The lowest BCUT2D eigenvalue weighted by molar-refractivity contribution is -0.113. The number of methoxy groups -OCH3 is 1. The van der Waals surface area contributed by atoms with Crippen LogP contribution in [-0.2, 0) is 4.79 Å². The molecule has 8 heteroatoms. The molecule has 0 saturated carbocycles. The Labute approximate surface area is 178 Å². The molecule has 2 aromatic rings. The van der Waals surface area contributed by atoms with E-state index in [4.69, 9.17) is 31.5 Å². The van der Waals surface area contributed by atoms with E-state index in [0.29, 0.717) is 40.2 Å². The summed E-state index contributed by atoms with van der Waals surface area (Å²) in [6.45, 7) is 4.70. The van der Waals surface area contributed by atoms with Crippen molar-refractivity contribution in [2.24, 2.45) is 10.7 Å². The van der Waals surface area contributed by atoms with E-state index in [-0.39, 0.29) is 11.1 Å². The molecule has 3 rings (SSSR count). The maximum Gasteiger partial charge on any atom is 0.286 e. The Morgan fingerprint density at radius 3 is 2.41 bits per heavy atom. The first-order valence-electron chi connectivity index (χ1n) is 8.85. The van der Waals surface area contributed by atoms with Gasteiger partial charge in [-0.1, -0.05) is 17.7 Å². The van der Waals surface area contributed by atoms with Crippen molar-refractivity contribution in [3.63, 3.8) is 0 Å². The van der Waals surface area contributed by atoms with Crippen LogP contribution >= 0.6 is 23.4 Å². The van der Waals surface area contributed by atoms with Gasteiger partial charge in [0.2, 0.25) is 0 Å². The molecule has 1 aliphatic heterocycles. The number of carbonyl (C=O) groups is 1. The fraction of sp³-hybridized carbons (Fsp3) is 0.238. The first-order valence-corrected chi connectivity index (χ1v) is 10.0. The van der Waals surface area contributed by atoms with Gasteiger partial charge in [0.1, 0.15) is 19.0 Å². The number of hydrogen-bond donors (Lipinski definition) is 1.